The number of Topliss-reactive ketones (excluding diaryl/α,β-unsaturated/α-hetero) is 1. The summed E-state index contributed by atoms with van der Waals surface area (Å²) in [5.74, 6) is 1.19. The van der Waals surface area contributed by atoms with Crippen LogP contribution in [-0.2, 0) is 19.1 Å². The Labute approximate surface area is 179 Å². The van der Waals surface area contributed by atoms with Crippen LogP contribution in [0.4, 0.5) is 0 Å². The van der Waals surface area contributed by atoms with Gasteiger partial charge in [-0.1, -0.05) is 56.3 Å². The van der Waals surface area contributed by atoms with Crippen LogP contribution in [0.1, 0.15) is 46.6 Å². The van der Waals surface area contributed by atoms with Gasteiger partial charge >= 0.3 is 5.97 Å². The predicted molar refractivity (Wildman–Crippen MR) is 118 cm³/mol. The first-order valence-corrected chi connectivity index (χ1v) is 10.2. The first-order valence-electron chi connectivity index (χ1n) is 10.2. The molecule has 1 rings (SSSR count). The Kier molecular flexibility index (Phi) is 9.89. The van der Waals surface area contributed by atoms with Crippen LogP contribution in [0.15, 0.2) is 36.4 Å². The molecule has 0 spiro atoms. The number of hydrazine groups is 1. The zero-order valence-corrected chi connectivity index (χ0v) is 18.6. The lowest BCUT2D eigenvalue weighted by atomic mass is 9.75. The number of rotatable bonds is 10. The summed E-state index contributed by atoms with van der Waals surface area (Å²) >= 11 is 0. The average molecular weight is 418 g/mol. The number of ketones is 1. The third kappa shape index (κ3) is 8.08. The van der Waals surface area contributed by atoms with Crippen molar-refractivity contribution in [3.05, 3.63) is 42.0 Å². The van der Waals surface area contributed by atoms with E-state index in [0.29, 0.717) is 6.42 Å². The Balaban J connectivity index is 3.49. The van der Waals surface area contributed by atoms with Crippen molar-refractivity contribution in [2.75, 3.05) is 6.54 Å². The van der Waals surface area contributed by atoms with Crippen LogP contribution in [0.3, 0.4) is 0 Å². The monoisotopic (exact) mass is 417 g/mol. The molecule has 5 N–H and O–H groups in total. The summed E-state index contributed by atoms with van der Waals surface area (Å²) in [6.07, 6.45) is 3.75. The Morgan fingerprint density at radius 2 is 1.73 bits per heavy atom. The number of hydrogen-bond acceptors (Lipinski definition) is 6. The molecular weight excluding hydrogens is 382 g/mol. The first-order chi connectivity index (χ1) is 14.0. The van der Waals surface area contributed by atoms with Gasteiger partial charge in [-0.25, -0.2) is 5.84 Å². The zero-order chi connectivity index (χ0) is 22.9. The molecule has 0 aliphatic heterocycles. The van der Waals surface area contributed by atoms with E-state index in [9.17, 15) is 14.4 Å². The van der Waals surface area contributed by atoms with Gasteiger partial charge in [-0.05, 0) is 38.7 Å². The average Bonchev–Trinajstić information content (AvgIpc) is 2.67. The molecule has 0 aliphatic carbocycles. The molecule has 1 aromatic rings. The summed E-state index contributed by atoms with van der Waals surface area (Å²) in [5.41, 5.74) is 7.88. The maximum atomic E-state index is 13.2. The Morgan fingerprint density at radius 3 is 2.20 bits per heavy atom. The van der Waals surface area contributed by atoms with Crippen LogP contribution >= 0.6 is 0 Å². The molecule has 7 nitrogen and oxygen atoms in total. The second kappa shape index (κ2) is 11.6. The van der Waals surface area contributed by atoms with Gasteiger partial charge in [-0.15, -0.1) is 0 Å². The predicted octanol–water partition coefficient (Wildman–Crippen LogP) is 2.45. The Bertz CT molecular complexity index is 739. The molecule has 0 saturated heterocycles. The van der Waals surface area contributed by atoms with E-state index in [1.165, 1.54) is 0 Å². The third-order valence-corrected chi connectivity index (χ3v) is 4.57. The molecule has 1 unspecified atom stereocenters. The SMILES string of the molecule is CC(C)C[C@@H](C(=O)NN)[C@@H](C(=O)OC(C)(C)C)C(/C=C/c1ccccc1)C(=O)CN. The van der Waals surface area contributed by atoms with Gasteiger partial charge in [0.1, 0.15) is 5.60 Å². The number of ether oxygens (including phenoxy) is 1. The molecule has 0 aromatic heterocycles. The van der Waals surface area contributed by atoms with Crippen molar-refractivity contribution in [1.82, 2.24) is 5.43 Å². The first kappa shape index (κ1) is 25.5. The van der Waals surface area contributed by atoms with Gasteiger partial charge in [0.15, 0.2) is 5.78 Å². The van der Waals surface area contributed by atoms with Crippen LogP contribution in [0, 0.1) is 23.7 Å². The lowest BCUT2D eigenvalue weighted by molar-refractivity contribution is -0.167. The zero-order valence-electron chi connectivity index (χ0n) is 18.6. The molecule has 0 aliphatic rings. The van der Waals surface area contributed by atoms with E-state index in [-0.39, 0.29) is 18.2 Å². The molecule has 0 saturated carbocycles. The van der Waals surface area contributed by atoms with Crippen molar-refractivity contribution < 1.29 is 19.1 Å². The quantitative estimate of drug-likeness (QED) is 0.232. The van der Waals surface area contributed by atoms with Crippen LogP contribution in [0.2, 0.25) is 0 Å². The molecule has 1 aromatic carbocycles. The van der Waals surface area contributed by atoms with Gasteiger partial charge in [0, 0.05) is 0 Å². The van der Waals surface area contributed by atoms with Crippen molar-refractivity contribution in [3.8, 4) is 0 Å². The maximum absolute atomic E-state index is 13.2. The summed E-state index contributed by atoms with van der Waals surface area (Å²) < 4.78 is 5.60. The standard InChI is InChI=1S/C23H35N3O4/c1-15(2)13-18(21(28)26-25)20(22(29)30-23(3,4)5)17(19(27)14-24)12-11-16-9-7-6-8-10-16/h6-12,15,17-18,20H,13-14,24-25H2,1-5H3,(H,26,28)/b12-11+/t17?,18-,20+/m1/s1. The number of carbonyl (C=O) groups excluding carboxylic acids is 3. The maximum Gasteiger partial charge on any atom is 0.311 e. The number of benzene rings is 1. The van der Waals surface area contributed by atoms with Gasteiger partial charge in [0.05, 0.1) is 24.3 Å². The van der Waals surface area contributed by atoms with E-state index >= 15 is 0 Å². The van der Waals surface area contributed by atoms with Crippen molar-refractivity contribution >= 4 is 23.7 Å². The molecule has 0 radical (unpaired) electrons. The van der Waals surface area contributed by atoms with E-state index in [2.05, 4.69) is 5.43 Å². The van der Waals surface area contributed by atoms with Crippen molar-refractivity contribution in [2.45, 2.75) is 46.6 Å². The second-order valence-electron chi connectivity index (χ2n) is 8.77. The molecule has 30 heavy (non-hydrogen) atoms. The van der Waals surface area contributed by atoms with Crippen molar-refractivity contribution in [1.29, 1.82) is 0 Å². The highest BCUT2D eigenvalue weighted by atomic mass is 16.6. The fourth-order valence-corrected chi connectivity index (χ4v) is 3.30. The summed E-state index contributed by atoms with van der Waals surface area (Å²) in [6, 6.07) is 9.37. The Hall–Kier alpha value is -2.51. The van der Waals surface area contributed by atoms with E-state index in [1.807, 2.05) is 44.2 Å². The molecule has 166 valence electrons. The van der Waals surface area contributed by atoms with Gasteiger partial charge in [0.25, 0.3) is 0 Å². The number of carbonyl (C=O) groups is 3. The summed E-state index contributed by atoms with van der Waals surface area (Å²) in [6.45, 7) is 8.82. The third-order valence-electron chi connectivity index (χ3n) is 4.57. The number of nitrogens with one attached hydrogen (secondary N) is 1. The number of nitrogens with two attached hydrogens (primary N) is 2. The van der Waals surface area contributed by atoms with E-state index in [1.54, 1.807) is 32.9 Å². The van der Waals surface area contributed by atoms with Crippen LogP contribution in [0.25, 0.3) is 6.08 Å². The minimum absolute atomic E-state index is 0.0870. The van der Waals surface area contributed by atoms with Gasteiger partial charge in [0.2, 0.25) is 5.91 Å². The number of allylic oxidation sites excluding steroid dienone is 1. The minimum Gasteiger partial charge on any atom is -0.460 e. The largest absolute Gasteiger partial charge is 0.460 e. The summed E-state index contributed by atoms with van der Waals surface area (Å²) in [4.78, 5) is 38.6. The molecule has 7 heteroatoms. The second-order valence-corrected chi connectivity index (χ2v) is 8.77. The summed E-state index contributed by atoms with van der Waals surface area (Å²) in [5, 5.41) is 0. The highest BCUT2D eigenvalue weighted by molar-refractivity contribution is 5.93. The molecule has 0 bridgehead atoms. The number of amides is 1. The highest BCUT2D eigenvalue weighted by Crippen LogP contribution is 2.32. The van der Waals surface area contributed by atoms with Crippen molar-refractivity contribution in [3.63, 3.8) is 0 Å². The topological polar surface area (TPSA) is 125 Å². The fourth-order valence-electron chi connectivity index (χ4n) is 3.30. The highest BCUT2D eigenvalue weighted by Gasteiger charge is 2.43. The lowest BCUT2D eigenvalue weighted by Gasteiger charge is -2.32. The van der Waals surface area contributed by atoms with Crippen LogP contribution in [0.5, 0.6) is 0 Å². The van der Waals surface area contributed by atoms with Gasteiger partial charge < -0.3 is 10.5 Å². The molecular formula is C23H35N3O4. The van der Waals surface area contributed by atoms with E-state index in [4.69, 9.17) is 16.3 Å². The van der Waals surface area contributed by atoms with Gasteiger partial charge in [-0.3, -0.25) is 19.8 Å². The molecule has 0 fully saturated rings. The smallest absolute Gasteiger partial charge is 0.311 e. The lowest BCUT2D eigenvalue weighted by Crippen LogP contribution is -2.47. The number of hydrogen-bond donors (Lipinski definition) is 3. The van der Waals surface area contributed by atoms with Crippen LogP contribution < -0.4 is 17.0 Å². The van der Waals surface area contributed by atoms with Crippen molar-refractivity contribution in [2.24, 2.45) is 35.2 Å². The van der Waals surface area contributed by atoms with E-state index < -0.39 is 35.2 Å². The molecule has 3 atom stereocenters. The molecule has 1 amide bonds. The van der Waals surface area contributed by atoms with E-state index in [0.717, 1.165) is 5.56 Å². The summed E-state index contributed by atoms with van der Waals surface area (Å²) in [7, 11) is 0. The van der Waals surface area contributed by atoms with Gasteiger partial charge in [-0.2, -0.15) is 0 Å². The number of esters is 1. The van der Waals surface area contributed by atoms with Crippen LogP contribution in [-0.4, -0.2) is 29.8 Å². The minimum atomic E-state index is -1.05. The normalized spacial score (nSPS) is 14.9. The molecule has 0 heterocycles. The Morgan fingerprint density at radius 1 is 1.13 bits per heavy atom. The fraction of sp³-hybridized carbons (Fsp3) is 0.522.